The lowest BCUT2D eigenvalue weighted by Gasteiger charge is -2.12. The lowest BCUT2D eigenvalue weighted by atomic mass is 9.97. The molecule has 1 amide bonds. The first kappa shape index (κ1) is 17.1. The molecule has 5 nitrogen and oxygen atoms in total. The van der Waals surface area contributed by atoms with Gasteiger partial charge in [0.15, 0.2) is 0 Å². The summed E-state index contributed by atoms with van der Waals surface area (Å²) in [5.74, 6) is -0.122. The van der Waals surface area contributed by atoms with Gasteiger partial charge < -0.3 is 10.6 Å². The summed E-state index contributed by atoms with van der Waals surface area (Å²) in [4.78, 5) is 20.4. The van der Waals surface area contributed by atoms with Crippen molar-refractivity contribution < 1.29 is 9.18 Å². The summed E-state index contributed by atoms with van der Waals surface area (Å²) in [7, 11) is 0. The van der Waals surface area contributed by atoms with Crippen LogP contribution in [0.25, 0.3) is 0 Å². The number of carbonyl (C=O) groups is 1. The van der Waals surface area contributed by atoms with E-state index in [-0.39, 0.29) is 11.7 Å². The van der Waals surface area contributed by atoms with E-state index in [1.54, 1.807) is 12.1 Å². The van der Waals surface area contributed by atoms with Gasteiger partial charge >= 0.3 is 0 Å². The van der Waals surface area contributed by atoms with Crippen LogP contribution in [0.1, 0.15) is 42.5 Å². The second-order valence-electron chi connectivity index (χ2n) is 6.04. The Morgan fingerprint density at radius 3 is 2.56 bits per heavy atom. The topological polar surface area (TPSA) is 66.9 Å². The lowest BCUT2D eigenvalue weighted by molar-refractivity contribution is 0.0953. The molecule has 130 valence electrons. The second-order valence-corrected chi connectivity index (χ2v) is 6.04. The number of rotatable bonds is 6. The molecule has 0 saturated carbocycles. The molecule has 1 aromatic heterocycles. The van der Waals surface area contributed by atoms with Crippen LogP contribution in [0.3, 0.4) is 0 Å². The van der Waals surface area contributed by atoms with Crippen molar-refractivity contribution in [1.29, 1.82) is 0 Å². The van der Waals surface area contributed by atoms with Gasteiger partial charge in [-0.15, -0.1) is 0 Å². The molecular formula is C19H21FN4O. The Bertz CT molecular complexity index is 741. The number of benzene rings is 1. The first-order chi connectivity index (χ1) is 12.2. The van der Waals surface area contributed by atoms with Crippen LogP contribution in [-0.4, -0.2) is 22.4 Å². The van der Waals surface area contributed by atoms with Crippen LogP contribution in [0.2, 0.25) is 0 Å². The molecule has 0 saturated heterocycles. The number of hydrogen-bond acceptors (Lipinski definition) is 4. The third-order valence-corrected chi connectivity index (χ3v) is 4.13. The smallest absolute Gasteiger partial charge is 0.254 e. The summed E-state index contributed by atoms with van der Waals surface area (Å²) in [5, 5.41) is 5.86. The lowest BCUT2D eigenvalue weighted by Crippen LogP contribution is -2.25. The average molecular weight is 340 g/mol. The van der Waals surface area contributed by atoms with Crippen molar-refractivity contribution >= 4 is 17.5 Å². The molecule has 6 heteroatoms. The van der Waals surface area contributed by atoms with E-state index in [4.69, 9.17) is 0 Å². The van der Waals surface area contributed by atoms with Crippen LogP contribution >= 0.6 is 0 Å². The van der Waals surface area contributed by atoms with E-state index in [2.05, 4.69) is 26.7 Å². The van der Waals surface area contributed by atoms with Crippen LogP contribution < -0.4 is 10.6 Å². The maximum absolute atomic E-state index is 12.9. The maximum atomic E-state index is 12.9. The highest BCUT2D eigenvalue weighted by molar-refractivity contribution is 5.93. The molecule has 0 atom stereocenters. The van der Waals surface area contributed by atoms with Gasteiger partial charge in [-0.1, -0.05) is 11.6 Å². The number of halogens is 1. The summed E-state index contributed by atoms with van der Waals surface area (Å²) in [6.07, 6.45) is 11.0. The molecule has 1 aliphatic carbocycles. The number of hydrogen-bond donors (Lipinski definition) is 2. The fourth-order valence-electron chi connectivity index (χ4n) is 2.74. The Morgan fingerprint density at radius 1 is 1.12 bits per heavy atom. The predicted octanol–water partition coefficient (Wildman–Crippen LogP) is 3.98. The fraction of sp³-hybridized carbons (Fsp3) is 0.316. The number of aromatic nitrogens is 2. The maximum Gasteiger partial charge on any atom is 0.254 e. The van der Waals surface area contributed by atoms with Crippen molar-refractivity contribution in [2.75, 3.05) is 11.9 Å². The molecule has 2 aromatic rings. The summed E-state index contributed by atoms with van der Waals surface area (Å²) in [5.41, 5.74) is 2.53. The minimum Gasteiger partial charge on any atom is -0.352 e. The zero-order valence-electron chi connectivity index (χ0n) is 14.0. The van der Waals surface area contributed by atoms with Crippen LogP contribution in [0.15, 0.2) is 48.3 Å². The van der Waals surface area contributed by atoms with E-state index in [0.29, 0.717) is 23.7 Å². The number of amides is 1. The van der Waals surface area contributed by atoms with Gasteiger partial charge in [0.25, 0.3) is 5.91 Å². The van der Waals surface area contributed by atoms with Crippen molar-refractivity contribution in [2.24, 2.45) is 0 Å². The van der Waals surface area contributed by atoms with E-state index < -0.39 is 0 Å². The minimum atomic E-state index is -0.303. The first-order valence-electron chi connectivity index (χ1n) is 8.51. The van der Waals surface area contributed by atoms with Gasteiger partial charge in [0.2, 0.25) is 5.95 Å². The third kappa shape index (κ3) is 5.11. The van der Waals surface area contributed by atoms with Gasteiger partial charge in [-0.25, -0.2) is 14.4 Å². The Balaban J connectivity index is 1.49. The molecule has 0 bridgehead atoms. The van der Waals surface area contributed by atoms with Crippen molar-refractivity contribution in [3.63, 3.8) is 0 Å². The third-order valence-electron chi connectivity index (χ3n) is 4.13. The van der Waals surface area contributed by atoms with Gasteiger partial charge in [0, 0.05) is 24.6 Å². The monoisotopic (exact) mass is 340 g/mol. The highest BCUT2D eigenvalue weighted by atomic mass is 19.1. The molecule has 0 fully saturated rings. The minimum absolute atomic E-state index is 0.176. The number of allylic oxidation sites excluding steroid dienone is 1. The zero-order valence-corrected chi connectivity index (χ0v) is 14.0. The summed E-state index contributed by atoms with van der Waals surface area (Å²) in [6.45, 7) is 0.625. The van der Waals surface area contributed by atoms with Gasteiger partial charge in [-0.2, -0.15) is 0 Å². The normalized spacial score (nSPS) is 13.9. The highest BCUT2D eigenvalue weighted by Crippen LogP contribution is 2.19. The van der Waals surface area contributed by atoms with Gasteiger partial charge in [0.1, 0.15) is 5.82 Å². The van der Waals surface area contributed by atoms with Crippen molar-refractivity contribution in [3.05, 3.63) is 59.7 Å². The molecule has 1 aromatic carbocycles. The molecule has 1 heterocycles. The predicted molar refractivity (Wildman–Crippen MR) is 95.2 cm³/mol. The number of anilines is 2. The molecular weight excluding hydrogens is 319 g/mol. The summed E-state index contributed by atoms with van der Waals surface area (Å²) in [6, 6.07) is 5.90. The van der Waals surface area contributed by atoms with Crippen molar-refractivity contribution in [3.8, 4) is 0 Å². The highest BCUT2D eigenvalue weighted by Gasteiger charge is 2.08. The quantitative estimate of drug-likeness (QED) is 0.781. The Labute approximate surface area is 146 Å². The number of carbonyl (C=O) groups excluding carboxylic acids is 1. The van der Waals surface area contributed by atoms with E-state index >= 15 is 0 Å². The molecule has 0 aliphatic heterocycles. The number of nitrogens with one attached hydrogen (secondary N) is 2. The Hall–Kier alpha value is -2.76. The van der Waals surface area contributed by atoms with Gasteiger partial charge in [0.05, 0.1) is 5.56 Å². The SMILES string of the molecule is O=C(NCCC1=CCCCC1)c1cnc(Nc2ccc(F)cc2)nc1. The van der Waals surface area contributed by atoms with E-state index in [1.807, 2.05) is 0 Å². The van der Waals surface area contributed by atoms with Crippen molar-refractivity contribution in [2.45, 2.75) is 32.1 Å². The summed E-state index contributed by atoms with van der Waals surface area (Å²) < 4.78 is 12.9. The van der Waals surface area contributed by atoms with E-state index in [0.717, 1.165) is 19.3 Å². The second kappa shape index (κ2) is 8.37. The Kier molecular flexibility index (Phi) is 5.72. The van der Waals surface area contributed by atoms with E-state index in [9.17, 15) is 9.18 Å². The molecule has 0 radical (unpaired) electrons. The average Bonchev–Trinajstić information content (AvgIpc) is 2.65. The van der Waals surface area contributed by atoms with Crippen LogP contribution in [0.5, 0.6) is 0 Å². The van der Waals surface area contributed by atoms with Crippen LogP contribution in [0.4, 0.5) is 16.0 Å². The molecule has 1 aliphatic rings. The van der Waals surface area contributed by atoms with Gasteiger partial charge in [-0.3, -0.25) is 4.79 Å². The molecule has 3 rings (SSSR count). The molecule has 2 N–H and O–H groups in total. The zero-order chi connectivity index (χ0) is 17.5. The number of nitrogens with zero attached hydrogens (tertiary/aromatic N) is 2. The largest absolute Gasteiger partial charge is 0.352 e. The fourth-order valence-corrected chi connectivity index (χ4v) is 2.74. The Morgan fingerprint density at radius 2 is 1.88 bits per heavy atom. The van der Waals surface area contributed by atoms with Gasteiger partial charge in [-0.05, 0) is 56.4 Å². The molecule has 25 heavy (non-hydrogen) atoms. The molecule has 0 unspecified atom stereocenters. The summed E-state index contributed by atoms with van der Waals surface area (Å²) >= 11 is 0. The van der Waals surface area contributed by atoms with E-state index in [1.165, 1.54) is 42.9 Å². The standard InChI is InChI=1S/C19H21FN4O/c20-16-6-8-17(9-7-16)24-19-22-12-15(13-23-19)18(25)21-11-10-14-4-2-1-3-5-14/h4,6-9,12-13H,1-3,5,10-11H2,(H,21,25)(H,22,23,24). The van der Waals surface area contributed by atoms with Crippen LogP contribution in [-0.2, 0) is 0 Å². The van der Waals surface area contributed by atoms with Crippen molar-refractivity contribution in [1.82, 2.24) is 15.3 Å². The van der Waals surface area contributed by atoms with Crippen LogP contribution in [0, 0.1) is 5.82 Å². The molecule has 0 spiro atoms. The first-order valence-corrected chi connectivity index (χ1v) is 8.51.